The van der Waals surface area contributed by atoms with E-state index in [4.69, 9.17) is 4.74 Å². The summed E-state index contributed by atoms with van der Waals surface area (Å²) in [5.74, 6) is -2.18. The van der Waals surface area contributed by atoms with Gasteiger partial charge in [-0.25, -0.2) is 14.0 Å². The average molecular weight is 348 g/mol. The van der Waals surface area contributed by atoms with Crippen molar-refractivity contribution in [3.63, 3.8) is 0 Å². The summed E-state index contributed by atoms with van der Waals surface area (Å²) >= 11 is 3.01. The molecule has 108 valence electrons. The largest absolute Gasteiger partial charge is 0.453 e. The number of ether oxygens (including phenoxy) is 2. The van der Waals surface area contributed by atoms with Crippen LogP contribution in [0.3, 0.4) is 0 Å². The first-order valence-electron chi connectivity index (χ1n) is 5.40. The molecule has 0 unspecified atom stereocenters. The number of methoxy groups -OCH3 is 1. The predicted molar refractivity (Wildman–Crippen MR) is 69.5 cm³/mol. The maximum Gasteiger partial charge on any atom is 0.413 e. The van der Waals surface area contributed by atoms with Crippen LogP contribution in [0.15, 0.2) is 22.7 Å². The maximum absolute atomic E-state index is 12.9. The molecule has 1 N–H and O–H groups in total. The van der Waals surface area contributed by atoms with E-state index in [-0.39, 0.29) is 10.0 Å². The Kier molecular flexibility index (Phi) is 5.63. The van der Waals surface area contributed by atoms with Gasteiger partial charge in [0, 0.05) is 4.47 Å². The minimum Gasteiger partial charge on any atom is -0.453 e. The Balaban J connectivity index is 2.70. The van der Waals surface area contributed by atoms with Crippen molar-refractivity contribution < 1.29 is 28.2 Å². The third-order valence-electron chi connectivity index (χ3n) is 2.21. The smallest absolute Gasteiger partial charge is 0.413 e. The second kappa shape index (κ2) is 6.99. The van der Waals surface area contributed by atoms with Crippen LogP contribution in [0.1, 0.15) is 17.3 Å². The molecular weight excluding hydrogens is 337 g/mol. The van der Waals surface area contributed by atoms with Crippen LogP contribution in [0.25, 0.3) is 0 Å². The number of carbonyl (C=O) groups is 3. The Morgan fingerprint density at radius 1 is 1.35 bits per heavy atom. The molecule has 1 atom stereocenters. The molecular formula is C12H11BrFNO5. The van der Waals surface area contributed by atoms with E-state index in [2.05, 4.69) is 20.7 Å². The van der Waals surface area contributed by atoms with Gasteiger partial charge in [0.15, 0.2) is 6.10 Å². The van der Waals surface area contributed by atoms with Gasteiger partial charge in [0.2, 0.25) is 0 Å². The Morgan fingerprint density at radius 2 is 2.00 bits per heavy atom. The Morgan fingerprint density at radius 3 is 2.55 bits per heavy atom. The highest BCUT2D eigenvalue weighted by Crippen LogP contribution is 2.19. The highest BCUT2D eigenvalue weighted by molar-refractivity contribution is 9.10. The van der Waals surface area contributed by atoms with E-state index in [1.54, 1.807) is 0 Å². The second-order valence-electron chi connectivity index (χ2n) is 3.65. The predicted octanol–water partition coefficient (Wildman–Crippen LogP) is 2.02. The van der Waals surface area contributed by atoms with Crippen LogP contribution in [-0.4, -0.2) is 31.2 Å². The third kappa shape index (κ3) is 4.30. The maximum atomic E-state index is 12.9. The summed E-state index contributed by atoms with van der Waals surface area (Å²) in [5.41, 5.74) is 0.0594. The van der Waals surface area contributed by atoms with Gasteiger partial charge in [0.1, 0.15) is 5.82 Å². The molecule has 0 aliphatic heterocycles. The summed E-state index contributed by atoms with van der Waals surface area (Å²) in [7, 11) is 1.09. The van der Waals surface area contributed by atoms with Crippen LogP contribution in [0.2, 0.25) is 0 Å². The van der Waals surface area contributed by atoms with E-state index in [0.717, 1.165) is 19.2 Å². The topological polar surface area (TPSA) is 81.7 Å². The number of nitrogens with one attached hydrogen (secondary N) is 1. The number of halogens is 2. The van der Waals surface area contributed by atoms with E-state index in [1.807, 2.05) is 5.32 Å². The standard InChI is InChI=1S/C12H11BrFNO5/c1-6(10(16)15-12(18)19-2)20-11(17)8-4-3-7(14)5-9(8)13/h3-6H,1-2H3,(H,15,16,18)/t6-/m0/s1. The van der Waals surface area contributed by atoms with Crippen molar-refractivity contribution in [2.24, 2.45) is 0 Å². The van der Waals surface area contributed by atoms with Gasteiger partial charge >= 0.3 is 12.1 Å². The Labute approximate surface area is 122 Å². The number of hydrogen-bond acceptors (Lipinski definition) is 5. The number of amides is 2. The zero-order valence-corrected chi connectivity index (χ0v) is 12.2. The molecule has 0 saturated carbocycles. The van der Waals surface area contributed by atoms with Gasteiger partial charge in [-0.05, 0) is 41.1 Å². The van der Waals surface area contributed by atoms with Crippen molar-refractivity contribution >= 4 is 33.9 Å². The zero-order chi connectivity index (χ0) is 15.3. The van der Waals surface area contributed by atoms with Gasteiger partial charge in [-0.3, -0.25) is 10.1 Å². The van der Waals surface area contributed by atoms with E-state index >= 15 is 0 Å². The van der Waals surface area contributed by atoms with Gasteiger partial charge in [0.05, 0.1) is 12.7 Å². The van der Waals surface area contributed by atoms with Crippen molar-refractivity contribution in [3.05, 3.63) is 34.1 Å². The van der Waals surface area contributed by atoms with Gasteiger partial charge in [-0.15, -0.1) is 0 Å². The van der Waals surface area contributed by atoms with E-state index in [0.29, 0.717) is 0 Å². The summed E-state index contributed by atoms with van der Waals surface area (Å²) in [6.45, 7) is 1.29. The first-order chi connectivity index (χ1) is 9.35. The van der Waals surface area contributed by atoms with Gasteiger partial charge in [-0.2, -0.15) is 0 Å². The van der Waals surface area contributed by atoms with Crippen molar-refractivity contribution in [2.45, 2.75) is 13.0 Å². The van der Waals surface area contributed by atoms with Crippen molar-refractivity contribution in [2.75, 3.05) is 7.11 Å². The highest BCUT2D eigenvalue weighted by Gasteiger charge is 2.22. The lowest BCUT2D eigenvalue weighted by atomic mass is 10.2. The number of esters is 1. The lowest BCUT2D eigenvalue weighted by molar-refractivity contribution is -0.128. The number of alkyl carbamates (subject to hydrolysis) is 1. The molecule has 0 radical (unpaired) electrons. The normalized spacial score (nSPS) is 11.4. The van der Waals surface area contributed by atoms with Gasteiger partial charge in [-0.1, -0.05) is 0 Å². The van der Waals surface area contributed by atoms with E-state index in [9.17, 15) is 18.8 Å². The molecule has 0 fully saturated rings. The molecule has 0 bridgehead atoms. The zero-order valence-electron chi connectivity index (χ0n) is 10.6. The first-order valence-corrected chi connectivity index (χ1v) is 6.19. The lowest BCUT2D eigenvalue weighted by Gasteiger charge is -2.13. The van der Waals surface area contributed by atoms with Crippen LogP contribution >= 0.6 is 15.9 Å². The highest BCUT2D eigenvalue weighted by atomic mass is 79.9. The van der Waals surface area contributed by atoms with Crippen LogP contribution in [-0.2, 0) is 14.3 Å². The molecule has 0 spiro atoms. The molecule has 0 heterocycles. The first kappa shape index (κ1) is 16.1. The lowest BCUT2D eigenvalue weighted by Crippen LogP contribution is -2.39. The number of imide groups is 1. The molecule has 0 aliphatic carbocycles. The van der Waals surface area contributed by atoms with Crippen molar-refractivity contribution in [1.82, 2.24) is 5.32 Å². The van der Waals surface area contributed by atoms with E-state index < -0.39 is 29.9 Å². The monoisotopic (exact) mass is 347 g/mol. The average Bonchev–Trinajstić information content (AvgIpc) is 2.37. The molecule has 8 heteroatoms. The third-order valence-corrected chi connectivity index (χ3v) is 2.87. The number of rotatable bonds is 3. The van der Waals surface area contributed by atoms with Crippen molar-refractivity contribution in [3.8, 4) is 0 Å². The van der Waals surface area contributed by atoms with Gasteiger partial charge in [0.25, 0.3) is 5.91 Å². The fourth-order valence-corrected chi connectivity index (χ4v) is 1.70. The SMILES string of the molecule is COC(=O)NC(=O)[C@H](C)OC(=O)c1ccc(F)cc1Br. The molecule has 1 aromatic carbocycles. The molecule has 0 saturated heterocycles. The molecule has 1 aromatic rings. The summed E-state index contributed by atoms with van der Waals surface area (Å²) < 4.78 is 22.2. The molecule has 20 heavy (non-hydrogen) atoms. The summed E-state index contributed by atoms with van der Waals surface area (Å²) in [5, 5.41) is 1.86. The fraction of sp³-hybridized carbons (Fsp3) is 0.250. The van der Waals surface area contributed by atoms with Crippen LogP contribution in [0, 0.1) is 5.82 Å². The minimum absolute atomic E-state index is 0.0594. The van der Waals surface area contributed by atoms with Crippen LogP contribution in [0.5, 0.6) is 0 Å². The fourth-order valence-electron chi connectivity index (χ4n) is 1.19. The molecule has 6 nitrogen and oxygen atoms in total. The number of hydrogen-bond donors (Lipinski definition) is 1. The molecule has 1 rings (SSSR count). The Bertz CT molecular complexity index is 549. The minimum atomic E-state index is -1.21. The molecule has 2 amide bonds. The number of benzene rings is 1. The quantitative estimate of drug-likeness (QED) is 0.846. The second-order valence-corrected chi connectivity index (χ2v) is 4.51. The van der Waals surface area contributed by atoms with Crippen LogP contribution < -0.4 is 5.32 Å². The Hall–Kier alpha value is -1.96. The van der Waals surface area contributed by atoms with Gasteiger partial charge < -0.3 is 9.47 Å². The summed E-state index contributed by atoms with van der Waals surface area (Å²) in [4.78, 5) is 34.1. The van der Waals surface area contributed by atoms with Crippen molar-refractivity contribution in [1.29, 1.82) is 0 Å². The summed E-state index contributed by atoms with van der Waals surface area (Å²) in [6, 6.07) is 3.39. The van der Waals surface area contributed by atoms with Crippen LogP contribution in [0.4, 0.5) is 9.18 Å². The summed E-state index contributed by atoms with van der Waals surface area (Å²) in [6.07, 6.45) is -2.17. The molecule has 0 aliphatic rings. The number of carbonyl (C=O) groups excluding carboxylic acids is 3. The van der Waals surface area contributed by atoms with E-state index in [1.165, 1.54) is 13.0 Å². The molecule has 0 aromatic heterocycles.